The molecule has 0 unspecified atom stereocenters. The van der Waals surface area contributed by atoms with Crippen LogP contribution in [-0.4, -0.2) is 91.9 Å². The predicted molar refractivity (Wildman–Crippen MR) is 165 cm³/mol. The number of hydrogen-bond donors (Lipinski definition) is 2. The fourth-order valence-corrected chi connectivity index (χ4v) is 8.33. The zero-order valence-electron chi connectivity index (χ0n) is 25.3. The third-order valence-corrected chi connectivity index (χ3v) is 10.9. The number of piperidine rings is 1. The Morgan fingerprint density at radius 3 is 2.72 bits per heavy atom. The summed E-state index contributed by atoms with van der Waals surface area (Å²) in [6.45, 7) is 2.70. The van der Waals surface area contributed by atoms with Crippen LogP contribution in [0.4, 0.5) is 23.4 Å². The van der Waals surface area contributed by atoms with E-state index in [1.165, 1.54) is 12.4 Å². The van der Waals surface area contributed by atoms with Crippen molar-refractivity contribution in [1.82, 2.24) is 30.0 Å². The molecule has 9 nitrogen and oxygen atoms in total. The molecule has 46 heavy (non-hydrogen) atoms. The fourth-order valence-electron chi connectivity index (χ4n) is 8.00. The minimum atomic E-state index is -1.58. The number of alkyl halides is 2. The number of hydrogen-bond acceptors (Lipinski definition) is 8. The smallest absolute Gasteiger partial charge is 0.319 e. The lowest BCUT2D eigenvalue weighted by atomic mass is 9.93. The van der Waals surface area contributed by atoms with E-state index in [1.807, 2.05) is 6.92 Å². The first-order valence-electron chi connectivity index (χ1n) is 15.9. The maximum atomic E-state index is 17.0. The third kappa shape index (κ3) is 4.71. The molecule has 244 valence electrons. The molecule has 1 saturated carbocycles. The molecule has 6 heterocycles. The van der Waals surface area contributed by atoms with Crippen LogP contribution in [0.2, 0.25) is 5.02 Å². The first-order valence-corrected chi connectivity index (χ1v) is 16.2. The number of β-amino-alcohol motifs (C(OH)–C–C–N with tert-alkyl or cyclic N) is 1. The van der Waals surface area contributed by atoms with Gasteiger partial charge in [-0.2, -0.15) is 15.1 Å². The number of nitrogens with zero attached hydrogens (tertiary/aromatic N) is 6. The van der Waals surface area contributed by atoms with Crippen LogP contribution >= 0.6 is 11.6 Å². The summed E-state index contributed by atoms with van der Waals surface area (Å²) in [6.07, 6.45) is 5.47. The summed E-state index contributed by atoms with van der Waals surface area (Å²) in [5.41, 5.74) is -1.37. The van der Waals surface area contributed by atoms with Gasteiger partial charge in [0, 0.05) is 36.7 Å². The Kier molecular flexibility index (Phi) is 7.11. The molecule has 4 fully saturated rings. The van der Waals surface area contributed by atoms with Gasteiger partial charge in [-0.05, 0) is 56.0 Å². The van der Waals surface area contributed by atoms with E-state index in [1.54, 1.807) is 4.90 Å². The Morgan fingerprint density at radius 1 is 1.13 bits per heavy atom. The van der Waals surface area contributed by atoms with Crippen molar-refractivity contribution in [3.63, 3.8) is 0 Å². The van der Waals surface area contributed by atoms with Gasteiger partial charge in [0.2, 0.25) is 0 Å². The second-order valence-electron chi connectivity index (χ2n) is 13.7. The summed E-state index contributed by atoms with van der Waals surface area (Å²) < 4.78 is 66.9. The van der Waals surface area contributed by atoms with Crippen LogP contribution in [0.25, 0.3) is 33.1 Å². The number of anilines is 1. The van der Waals surface area contributed by atoms with Gasteiger partial charge in [-0.1, -0.05) is 18.5 Å². The normalized spacial score (nSPS) is 29.6. The van der Waals surface area contributed by atoms with E-state index < -0.39 is 35.6 Å². The standard InChI is InChI=1S/C32H34ClF4N7O2/c1-16-8-18(16)21-22(19-11-39-42-27(19)24(36)23(21)33)28-25(37)26-20(10-38-28)29(43-6-3-5-32(45,13-34)14-43)41-30(40-26)46-15-31-4-2-7-44(31)12-17(35)9-31/h10-11,16-18,45H,2-9,12-15H2,1H3,(H,39,42)/t16-,17-,18+,31+,32+/m1/s1. The summed E-state index contributed by atoms with van der Waals surface area (Å²) in [6, 6.07) is -0.113. The highest BCUT2D eigenvalue weighted by Gasteiger charge is 2.49. The first kappa shape index (κ1) is 30.1. The Morgan fingerprint density at radius 2 is 1.93 bits per heavy atom. The van der Waals surface area contributed by atoms with E-state index in [9.17, 15) is 13.9 Å². The highest BCUT2D eigenvalue weighted by Crippen LogP contribution is 2.55. The lowest BCUT2D eigenvalue weighted by molar-refractivity contribution is 0.00302. The van der Waals surface area contributed by atoms with Gasteiger partial charge < -0.3 is 14.7 Å². The molecule has 4 aliphatic rings. The Hall–Kier alpha value is -3.29. The van der Waals surface area contributed by atoms with Gasteiger partial charge in [0.25, 0.3) is 0 Å². The number of halogens is 5. The van der Waals surface area contributed by atoms with Gasteiger partial charge >= 0.3 is 6.01 Å². The van der Waals surface area contributed by atoms with E-state index in [4.69, 9.17) is 16.3 Å². The Bertz CT molecular complexity index is 1860. The van der Waals surface area contributed by atoms with Crippen molar-refractivity contribution in [3.8, 4) is 17.3 Å². The van der Waals surface area contributed by atoms with Crippen LogP contribution in [0.3, 0.4) is 0 Å². The van der Waals surface area contributed by atoms with E-state index >= 15 is 8.78 Å². The minimum Gasteiger partial charge on any atom is -0.461 e. The van der Waals surface area contributed by atoms with Gasteiger partial charge in [0.05, 0.1) is 28.7 Å². The molecular weight excluding hydrogens is 626 g/mol. The number of aliphatic hydroxyl groups is 1. The molecule has 0 bridgehead atoms. The molecule has 8 rings (SSSR count). The zero-order chi connectivity index (χ0) is 32.0. The molecule has 3 aromatic heterocycles. The summed E-state index contributed by atoms with van der Waals surface area (Å²) in [7, 11) is 0. The average Bonchev–Trinajstić information content (AvgIpc) is 3.35. The van der Waals surface area contributed by atoms with Crippen molar-refractivity contribution in [2.75, 3.05) is 44.4 Å². The molecule has 1 aromatic carbocycles. The van der Waals surface area contributed by atoms with Gasteiger partial charge in [0.1, 0.15) is 47.6 Å². The van der Waals surface area contributed by atoms with Gasteiger partial charge in [-0.25, -0.2) is 17.6 Å². The number of fused-ring (bicyclic) bond motifs is 3. The largest absolute Gasteiger partial charge is 0.461 e. The fraction of sp³-hybridized carbons (Fsp3) is 0.562. The number of H-pyrrole nitrogens is 1. The zero-order valence-corrected chi connectivity index (χ0v) is 26.1. The quantitative estimate of drug-likeness (QED) is 0.237. The lowest BCUT2D eigenvalue weighted by Gasteiger charge is -2.38. The molecule has 0 amide bonds. The van der Waals surface area contributed by atoms with Crippen LogP contribution < -0.4 is 9.64 Å². The van der Waals surface area contributed by atoms with Crippen LogP contribution in [-0.2, 0) is 0 Å². The second kappa shape index (κ2) is 10.9. The molecule has 1 aliphatic carbocycles. The van der Waals surface area contributed by atoms with Crippen LogP contribution in [0, 0.1) is 17.6 Å². The topological polar surface area (TPSA) is 103 Å². The number of aromatic amines is 1. The van der Waals surface area contributed by atoms with E-state index in [2.05, 4.69) is 30.0 Å². The van der Waals surface area contributed by atoms with Crippen molar-refractivity contribution in [2.45, 2.75) is 68.7 Å². The van der Waals surface area contributed by atoms with Crippen molar-refractivity contribution >= 4 is 39.2 Å². The van der Waals surface area contributed by atoms with Crippen molar-refractivity contribution in [2.24, 2.45) is 5.92 Å². The van der Waals surface area contributed by atoms with Crippen LogP contribution in [0.15, 0.2) is 12.4 Å². The van der Waals surface area contributed by atoms with Crippen molar-refractivity contribution < 1.29 is 27.4 Å². The second-order valence-corrected chi connectivity index (χ2v) is 14.0. The van der Waals surface area contributed by atoms with Gasteiger partial charge in [0.15, 0.2) is 11.6 Å². The molecule has 3 aliphatic heterocycles. The minimum absolute atomic E-state index is 0.0488. The average molecular weight is 660 g/mol. The molecule has 4 aromatic rings. The SMILES string of the molecule is C[C@@H]1C[C@@H]1c1c(Cl)c(F)c2[nH]ncc2c1-c1ncc2c(N3CCC[C@](O)(CF)C3)nc(OC[C@@]34CCCN3C[C@H](F)C4)nc2c1F. The Balaban J connectivity index is 1.29. The summed E-state index contributed by atoms with van der Waals surface area (Å²) in [4.78, 5) is 17.5. The van der Waals surface area contributed by atoms with Gasteiger partial charge in [-0.15, -0.1) is 0 Å². The molecule has 3 saturated heterocycles. The number of ether oxygens (including phenoxy) is 1. The van der Waals surface area contributed by atoms with Crippen molar-refractivity contribution in [3.05, 3.63) is 34.6 Å². The van der Waals surface area contributed by atoms with Gasteiger partial charge in [-0.3, -0.25) is 15.0 Å². The van der Waals surface area contributed by atoms with Crippen molar-refractivity contribution in [1.29, 1.82) is 0 Å². The number of rotatable bonds is 7. The molecular formula is C32H34ClF4N7O2. The molecule has 14 heteroatoms. The summed E-state index contributed by atoms with van der Waals surface area (Å²) in [5.74, 6) is -1.05. The third-order valence-electron chi connectivity index (χ3n) is 10.5. The van der Waals surface area contributed by atoms with E-state index in [0.717, 1.165) is 25.8 Å². The molecule has 2 N–H and O–H groups in total. The van der Waals surface area contributed by atoms with E-state index in [0.29, 0.717) is 42.4 Å². The number of pyridine rings is 1. The number of aromatic nitrogens is 5. The Labute approximate surface area is 267 Å². The van der Waals surface area contributed by atoms with Crippen LogP contribution in [0.5, 0.6) is 6.01 Å². The number of nitrogens with one attached hydrogen (secondary N) is 1. The highest BCUT2D eigenvalue weighted by atomic mass is 35.5. The van der Waals surface area contributed by atoms with E-state index in [-0.39, 0.29) is 70.4 Å². The lowest BCUT2D eigenvalue weighted by Crippen LogP contribution is -2.50. The molecule has 0 spiro atoms. The summed E-state index contributed by atoms with van der Waals surface area (Å²) >= 11 is 6.59. The number of benzene rings is 1. The maximum Gasteiger partial charge on any atom is 0.319 e. The van der Waals surface area contributed by atoms with Crippen LogP contribution in [0.1, 0.15) is 56.9 Å². The molecule has 5 atom stereocenters. The molecule has 0 radical (unpaired) electrons. The maximum absolute atomic E-state index is 17.0. The predicted octanol–water partition coefficient (Wildman–Crippen LogP) is 5.88. The monoisotopic (exact) mass is 659 g/mol. The summed E-state index contributed by atoms with van der Waals surface area (Å²) in [5, 5.41) is 18.0. The first-order chi connectivity index (χ1) is 22.1. The highest BCUT2D eigenvalue weighted by molar-refractivity contribution is 6.33.